The molecule has 0 unspecified atom stereocenters. The number of carbonyl (C=O) groups excluding carboxylic acids is 1. The van der Waals surface area contributed by atoms with Gasteiger partial charge in [0.05, 0.1) is 12.3 Å². The molecule has 110 valence electrons. The van der Waals surface area contributed by atoms with E-state index in [-0.39, 0.29) is 5.91 Å². The van der Waals surface area contributed by atoms with E-state index in [4.69, 9.17) is 5.73 Å². The van der Waals surface area contributed by atoms with Crippen LogP contribution in [0.3, 0.4) is 0 Å². The highest BCUT2D eigenvalue weighted by Crippen LogP contribution is 2.17. The Labute approximate surface area is 123 Å². The molecule has 1 amide bonds. The predicted molar refractivity (Wildman–Crippen MR) is 81.3 cm³/mol. The van der Waals surface area contributed by atoms with Crippen molar-refractivity contribution < 1.29 is 4.79 Å². The largest absolute Gasteiger partial charge is 0.335 e. The van der Waals surface area contributed by atoms with Crippen LogP contribution >= 0.6 is 11.8 Å². The third-order valence-corrected chi connectivity index (χ3v) is 3.62. The van der Waals surface area contributed by atoms with Crippen LogP contribution in [0.5, 0.6) is 0 Å². The molecule has 0 fully saturated rings. The third-order valence-electron chi connectivity index (χ3n) is 2.67. The van der Waals surface area contributed by atoms with Crippen molar-refractivity contribution in [3.8, 4) is 0 Å². The second kappa shape index (κ2) is 8.55. The Kier molecular flexibility index (Phi) is 7.03. The van der Waals surface area contributed by atoms with Gasteiger partial charge in [-0.1, -0.05) is 23.9 Å². The fraction of sp³-hybridized carbons (Fsp3) is 0.462. The Bertz CT molecular complexity index is 461. The summed E-state index contributed by atoms with van der Waals surface area (Å²) in [6.45, 7) is 11.4. The summed E-state index contributed by atoms with van der Waals surface area (Å²) in [4.78, 5) is 13.8. The maximum absolute atomic E-state index is 12.1. The molecule has 0 aliphatic carbocycles. The molecule has 0 aromatic carbocycles. The lowest BCUT2D eigenvalue weighted by atomic mass is 10.4. The average molecular weight is 295 g/mol. The highest BCUT2D eigenvalue weighted by Gasteiger charge is 2.15. The van der Waals surface area contributed by atoms with Crippen LogP contribution in [0, 0.1) is 0 Å². The molecule has 6 nitrogen and oxygen atoms in total. The summed E-state index contributed by atoms with van der Waals surface area (Å²) in [6.07, 6.45) is 3.40. The molecule has 0 radical (unpaired) electrons. The van der Waals surface area contributed by atoms with Gasteiger partial charge in [-0.25, -0.2) is 0 Å². The van der Waals surface area contributed by atoms with Crippen molar-refractivity contribution >= 4 is 17.7 Å². The molecule has 0 aliphatic rings. The monoisotopic (exact) mass is 295 g/mol. The maximum atomic E-state index is 12.1. The lowest BCUT2D eigenvalue weighted by molar-refractivity contribution is -0.127. The molecule has 0 atom stereocenters. The van der Waals surface area contributed by atoms with Crippen LogP contribution in [-0.2, 0) is 17.9 Å². The number of carbonyl (C=O) groups is 1. The molecule has 1 aromatic rings. The highest BCUT2D eigenvalue weighted by molar-refractivity contribution is 7.99. The second-order valence-electron chi connectivity index (χ2n) is 4.01. The summed E-state index contributed by atoms with van der Waals surface area (Å²) in [7, 11) is 0. The summed E-state index contributed by atoms with van der Waals surface area (Å²) in [5, 5.41) is 8.80. The number of amides is 1. The predicted octanol–water partition coefficient (Wildman–Crippen LogP) is 1.05. The first kappa shape index (κ1) is 16.5. The molecule has 2 N–H and O–H groups in total. The van der Waals surface area contributed by atoms with Gasteiger partial charge in [0.15, 0.2) is 5.16 Å². The Hall–Kier alpha value is -1.60. The molecule has 0 saturated carbocycles. The van der Waals surface area contributed by atoms with Crippen LogP contribution in [-0.4, -0.2) is 44.4 Å². The average Bonchev–Trinajstić information content (AvgIpc) is 2.86. The van der Waals surface area contributed by atoms with Crippen molar-refractivity contribution in [1.82, 2.24) is 19.7 Å². The van der Waals surface area contributed by atoms with E-state index in [0.29, 0.717) is 25.4 Å². The topological polar surface area (TPSA) is 77.0 Å². The molecule has 0 spiro atoms. The van der Waals surface area contributed by atoms with Crippen molar-refractivity contribution in [2.45, 2.75) is 25.2 Å². The molecule has 1 heterocycles. The van der Waals surface area contributed by atoms with E-state index in [1.807, 2.05) is 11.5 Å². The molecule has 20 heavy (non-hydrogen) atoms. The van der Waals surface area contributed by atoms with Gasteiger partial charge < -0.3 is 15.2 Å². The van der Waals surface area contributed by atoms with E-state index >= 15 is 0 Å². The number of nitrogens with two attached hydrogens (primary N) is 1. The van der Waals surface area contributed by atoms with Crippen LogP contribution < -0.4 is 5.73 Å². The van der Waals surface area contributed by atoms with Gasteiger partial charge in [-0.2, -0.15) is 0 Å². The summed E-state index contributed by atoms with van der Waals surface area (Å²) < 4.78 is 1.92. The Morgan fingerprint density at radius 3 is 2.55 bits per heavy atom. The molecule has 0 saturated heterocycles. The first-order valence-corrected chi connectivity index (χ1v) is 7.40. The fourth-order valence-electron chi connectivity index (χ4n) is 1.70. The number of nitrogens with zero attached hydrogens (tertiary/aromatic N) is 4. The van der Waals surface area contributed by atoms with E-state index in [9.17, 15) is 4.79 Å². The van der Waals surface area contributed by atoms with Crippen molar-refractivity contribution in [3.63, 3.8) is 0 Å². The van der Waals surface area contributed by atoms with Gasteiger partial charge >= 0.3 is 0 Å². The van der Waals surface area contributed by atoms with Gasteiger partial charge in [0.1, 0.15) is 5.82 Å². The van der Waals surface area contributed by atoms with Gasteiger partial charge in [0, 0.05) is 19.6 Å². The number of hydrogen-bond acceptors (Lipinski definition) is 5. The van der Waals surface area contributed by atoms with E-state index < -0.39 is 0 Å². The number of aromatic nitrogens is 3. The van der Waals surface area contributed by atoms with Gasteiger partial charge in [-0.05, 0) is 6.92 Å². The molecule has 1 aromatic heterocycles. The fourth-order valence-corrected chi connectivity index (χ4v) is 2.63. The van der Waals surface area contributed by atoms with Crippen LogP contribution in [0.2, 0.25) is 0 Å². The van der Waals surface area contributed by atoms with Gasteiger partial charge in [0.25, 0.3) is 0 Å². The number of hydrogen-bond donors (Lipinski definition) is 1. The molecular formula is C13H21N5OS. The standard InChI is InChI=1S/C13H21N5OS/c1-4-7-17(8-5-2)12(19)10-20-13-16-15-11(9-14)18(13)6-3/h4-5H,1-2,6-10,14H2,3H3. The normalized spacial score (nSPS) is 10.3. The minimum atomic E-state index is 0.0229. The Balaban J connectivity index is 2.65. The smallest absolute Gasteiger partial charge is 0.233 e. The highest BCUT2D eigenvalue weighted by atomic mass is 32.2. The van der Waals surface area contributed by atoms with E-state index in [1.165, 1.54) is 11.8 Å². The van der Waals surface area contributed by atoms with Crippen molar-refractivity contribution in [2.75, 3.05) is 18.8 Å². The summed E-state index contributed by atoms with van der Waals surface area (Å²) in [5.74, 6) is 1.07. The Morgan fingerprint density at radius 2 is 2.05 bits per heavy atom. The zero-order valence-corrected chi connectivity index (χ0v) is 12.6. The molecule has 7 heteroatoms. The summed E-state index contributed by atoms with van der Waals surface area (Å²) >= 11 is 1.37. The number of thioether (sulfide) groups is 1. The third kappa shape index (κ3) is 4.21. The maximum Gasteiger partial charge on any atom is 0.233 e. The lowest BCUT2D eigenvalue weighted by Crippen LogP contribution is -2.32. The van der Waals surface area contributed by atoms with Crippen molar-refractivity contribution in [2.24, 2.45) is 5.73 Å². The van der Waals surface area contributed by atoms with Crippen LogP contribution in [0.25, 0.3) is 0 Å². The minimum Gasteiger partial charge on any atom is -0.335 e. The zero-order valence-electron chi connectivity index (χ0n) is 11.8. The lowest BCUT2D eigenvalue weighted by Gasteiger charge is -2.18. The van der Waals surface area contributed by atoms with Crippen LogP contribution in [0.4, 0.5) is 0 Å². The summed E-state index contributed by atoms with van der Waals surface area (Å²) in [6, 6.07) is 0. The van der Waals surface area contributed by atoms with Crippen molar-refractivity contribution in [1.29, 1.82) is 0 Å². The van der Waals surface area contributed by atoms with E-state index in [0.717, 1.165) is 17.5 Å². The first-order valence-electron chi connectivity index (χ1n) is 6.42. The van der Waals surface area contributed by atoms with Crippen LogP contribution in [0.15, 0.2) is 30.5 Å². The quantitative estimate of drug-likeness (QED) is 0.544. The molecule has 0 bridgehead atoms. The molecule has 1 rings (SSSR count). The van der Waals surface area contributed by atoms with Crippen LogP contribution in [0.1, 0.15) is 12.7 Å². The van der Waals surface area contributed by atoms with E-state index in [1.54, 1.807) is 17.1 Å². The van der Waals surface area contributed by atoms with Gasteiger partial charge in [-0.3, -0.25) is 4.79 Å². The van der Waals surface area contributed by atoms with E-state index in [2.05, 4.69) is 23.4 Å². The van der Waals surface area contributed by atoms with Crippen molar-refractivity contribution in [3.05, 3.63) is 31.1 Å². The zero-order chi connectivity index (χ0) is 15.0. The second-order valence-corrected chi connectivity index (χ2v) is 4.95. The van der Waals surface area contributed by atoms with Gasteiger partial charge in [-0.15, -0.1) is 23.4 Å². The Morgan fingerprint density at radius 1 is 1.40 bits per heavy atom. The summed E-state index contributed by atoms with van der Waals surface area (Å²) in [5.41, 5.74) is 5.59. The first-order chi connectivity index (χ1) is 9.67. The SMILES string of the molecule is C=CCN(CC=C)C(=O)CSc1nnc(CN)n1CC. The van der Waals surface area contributed by atoms with Gasteiger partial charge in [0.2, 0.25) is 5.91 Å². The molecular weight excluding hydrogens is 274 g/mol. The molecule has 0 aliphatic heterocycles. The minimum absolute atomic E-state index is 0.0229. The number of rotatable bonds is 9.